The highest BCUT2D eigenvalue weighted by molar-refractivity contribution is 6.31. The monoisotopic (exact) mass is 283 g/mol. The lowest BCUT2D eigenvalue weighted by atomic mass is 9.91. The normalized spacial score (nSPS) is 20.1. The first-order valence-electron chi connectivity index (χ1n) is 6.18. The fourth-order valence-electron chi connectivity index (χ4n) is 2.38. The Labute approximate surface area is 115 Å². The molecule has 102 valence electrons. The van der Waals surface area contributed by atoms with Crippen molar-refractivity contribution in [3.63, 3.8) is 0 Å². The van der Waals surface area contributed by atoms with Crippen molar-refractivity contribution in [2.24, 2.45) is 5.73 Å². The minimum atomic E-state index is -0.961. The van der Waals surface area contributed by atoms with Crippen LogP contribution in [-0.2, 0) is 4.79 Å². The molecule has 1 spiro atoms. The Bertz CT molecular complexity index is 542. The summed E-state index contributed by atoms with van der Waals surface area (Å²) in [6.45, 7) is 0. The van der Waals surface area contributed by atoms with Crippen molar-refractivity contribution < 1.29 is 19.4 Å². The predicted octanol–water partition coefficient (Wildman–Crippen LogP) is 2.47. The number of ether oxygens (including phenoxy) is 2. The number of benzene rings is 1. The van der Waals surface area contributed by atoms with E-state index in [9.17, 15) is 4.79 Å². The molecule has 1 heterocycles. The van der Waals surface area contributed by atoms with Gasteiger partial charge < -0.3 is 20.3 Å². The number of hydrogen-bond acceptors (Lipinski definition) is 4. The van der Waals surface area contributed by atoms with Gasteiger partial charge in [0, 0.05) is 30.0 Å². The molecule has 1 fully saturated rings. The van der Waals surface area contributed by atoms with Gasteiger partial charge in [-0.15, -0.1) is 0 Å². The molecule has 1 unspecified atom stereocenters. The molecule has 5 nitrogen and oxygen atoms in total. The Balaban J connectivity index is 1.88. The van der Waals surface area contributed by atoms with Crippen LogP contribution < -0.4 is 15.2 Å². The number of fused-ring (bicyclic) bond motifs is 1. The Kier molecular flexibility index (Phi) is 2.83. The molecule has 3 N–H and O–H groups in total. The molecule has 1 atom stereocenters. The molecule has 1 aromatic carbocycles. The maximum absolute atomic E-state index is 10.7. The van der Waals surface area contributed by atoms with E-state index >= 15 is 0 Å². The fourth-order valence-corrected chi connectivity index (χ4v) is 2.68. The van der Waals surface area contributed by atoms with E-state index in [2.05, 4.69) is 0 Å². The van der Waals surface area contributed by atoms with E-state index < -0.39 is 17.8 Å². The zero-order valence-electron chi connectivity index (χ0n) is 10.2. The van der Waals surface area contributed by atoms with Gasteiger partial charge in [0.2, 0.25) is 0 Å². The summed E-state index contributed by atoms with van der Waals surface area (Å²) in [4.78, 5) is 10.7. The van der Waals surface area contributed by atoms with Crippen LogP contribution in [0.15, 0.2) is 12.1 Å². The highest BCUT2D eigenvalue weighted by Crippen LogP contribution is 2.50. The molecule has 0 saturated heterocycles. The molecule has 0 radical (unpaired) electrons. The van der Waals surface area contributed by atoms with Crippen LogP contribution in [0.25, 0.3) is 0 Å². The summed E-state index contributed by atoms with van der Waals surface area (Å²) in [7, 11) is 0. The Morgan fingerprint density at radius 2 is 2.05 bits per heavy atom. The molecule has 0 bridgehead atoms. The molecule has 2 aliphatic rings. The second kappa shape index (κ2) is 4.28. The minimum Gasteiger partial charge on any atom is -0.481 e. The van der Waals surface area contributed by atoms with Gasteiger partial charge in [-0.3, -0.25) is 4.79 Å². The van der Waals surface area contributed by atoms with Crippen LogP contribution in [0.1, 0.15) is 37.3 Å². The highest BCUT2D eigenvalue weighted by atomic mass is 35.5. The lowest BCUT2D eigenvalue weighted by molar-refractivity contribution is -0.139. The van der Waals surface area contributed by atoms with Crippen molar-refractivity contribution in [3.05, 3.63) is 22.7 Å². The molecule has 3 rings (SSSR count). The van der Waals surface area contributed by atoms with Crippen LogP contribution in [0, 0.1) is 0 Å². The largest absolute Gasteiger partial charge is 0.481 e. The number of aliphatic carboxylic acids is 1. The lowest BCUT2D eigenvalue weighted by Crippen LogP contribution is -2.45. The molecule has 1 saturated carbocycles. The number of halogens is 1. The fraction of sp³-hybridized carbons (Fsp3) is 0.462. The standard InChI is InChI=1S/C13H14ClNO4/c14-8-5-11-10(18-13(19-11)2-1-3-13)4-7(8)9(15)6-12(16)17/h4-5,9H,1-3,6,15H2,(H,16,17). The van der Waals surface area contributed by atoms with Gasteiger partial charge in [0.25, 0.3) is 5.79 Å². The third kappa shape index (κ3) is 2.13. The topological polar surface area (TPSA) is 81.8 Å². The minimum absolute atomic E-state index is 0.176. The van der Waals surface area contributed by atoms with E-state index in [0.717, 1.165) is 19.3 Å². The third-order valence-corrected chi connectivity index (χ3v) is 3.89. The molecule has 6 heteroatoms. The first-order chi connectivity index (χ1) is 8.99. The van der Waals surface area contributed by atoms with Crippen LogP contribution >= 0.6 is 11.6 Å². The summed E-state index contributed by atoms with van der Waals surface area (Å²) in [5.74, 6) is -0.283. The number of hydrogen-bond donors (Lipinski definition) is 2. The first kappa shape index (κ1) is 12.6. The summed E-state index contributed by atoms with van der Waals surface area (Å²) in [5, 5.41) is 9.19. The molecule has 1 aliphatic carbocycles. The number of carboxylic acid groups (broad SMARTS) is 1. The van der Waals surface area contributed by atoms with Crippen LogP contribution in [0.4, 0.5) is 0 Å². The van der Waals surface area contributed by atoms with Crippen molar-refractivity contribution >= 4 is 17.6 Å². The number of carboxylic acids is 1. The zero-order chi connectivity index (χ0) is 13.6. The van der Waals surface area contributed by atoms with Gasteiger partial charge in [0.1, 0.15) is 0 Å². The van der Waals surface area contributed by atoms with Gasteiger partial charge in [-0.1, -0.05) is 11.6 Å². The van der Waals surface area contributed by atoms with Gasteiger partial charge in [-0.25, -0.2) is 0 Å². The Hall–Kier alpha value is -1.46. The van der Waals surface area contributed by atoms with Crippen molar-refractivity contribution in [2.75, 3.05) is 0 Å². The quantitative estimate of drug-likeness (QED) is 0.890. The van der Waals surface area contributed by atoms with E-state index in [1.807, 2.05) is 0 Å². The molecule has 1 aromatic rings. The third-order valence-electron chi connectivity index (χ3n) is 3.56. The van der Waals surface area contributed by atoms with E-state index in [-0.39, 0.29) is 6.42 Å². The maximum Gasteiger partial charge on any atom is 0.305 e. The smallest absolute Gasteiger partial charge is 0.305 e. The van der Waals surface area contributed by atoms with Gasteiger partial charge in [0.15, 0.2) is 11.5 Å². The van der Waals surface area contributed by atoms with E-state index in [4.69, 9.17) is 31.9 Å². The van der Waals surface area contributed by atoms with Crippen molar-refractivity contribution in [3.8, 4) is 11.5 Å². The number of nitrogens with two attached hydrogens (primary N) is 1. The molecule has 0 aromatic heterocycles. The molecular formula is C13H14ClNO4. The van der Waals surface area contributed by atoms with E-state index in [1.165, 1.54) is 0 Å². The van der Waals surface area contributed by atoms with E-state index in [0.29, 0.717) is 22.1 Å². The Morgan fingerprint density at radius 3 is 2.58 bits per heavy atom. The average Bonchev–Trinajstić information content (AvgIpc) is 2.65. The summed E-state index contributed by atoms with van der Waals surface area (Å²) < 4.78 is 11.6. The highest BCUT2D eigenvalue weighted by Gasteiger charge is 2.47. The van der Waals surface area contributed by atoms with Crippen molar-refractivity contribution in [2.45, 2.75) is 37.5 Å². The lowest BCUT2D eigenvalue weighted by Gasteiger charge is -2.35. The molecule has 19 heavy (non-hydrogen) atoms. The molecule has 0 amide bonds. The van der Waals surface area contributed by atoms with Gasteiger partial charge in [-0.05, 0) is 18.1 Å². The first-order valence-corrected chi connectivity index (χ1v) is 6.56. The van der Waals surface area contributed by atoms with Crippen LogP contribution in [0.2, 0.25) is 5.02 Å². The SMILES string of the molecule is NC(CC(=O)O)c1cc2c(cc1Cl)OC1(CCC1)O2. The zero-order valence-corrected chi connectivity index (χ0v) is 10.9. The van der Waals surface area contributed by atoms with Crippen LogP contribution in [0.3, 0.4) is 0 Å². The van der Waals surface area contributed by atoms with Gasteiger partial charge >= 0.3 is 5.97 Å². The van der Waals surface area contributed by atoms with Gasteiger partial charge in [0.05, 0.1) is 6.42 Å². The molecular weight excluding hydrogens is 270 g/mol. The Morgan fingerprint density at radius 1 is 1.42 bits per heavy atom. The van der Waals surface area contributed by atoms with Gasteiger partial charge in [-0.2, -0.15) is 0 Å². The second-order valence-corrected chi connectivity index (χ2v) is 5.40. The van der Waals surface area contributed by atoms with E-state index in [1.54, 1.807) is 12.1 Å². The number of rotatable bonds is 3. The maximum atomic E-state index is 10.7. The van der Waals surface area contributed by atoms with Crippen molar-refractivity contribution in [1.82, 2.24) is 0 Å². The number of carbonyl (C=O) groups is 1. The van der Waals surface area contributed by atoms with Crippen LogP contribution in [-0.4, -0.2) is 16.9 Å². The molecule has 1 aliphatic heterocycles. The summed E-state index contributed by atoms with van der Waals surface area (Å²) in [6, 6.07) is 2.69. The predicted molar refractivity (Wildman–Crippen MR) is 68.5 cm³/mol. The van der Waals surface area contributed by atoms with Crippen LogP contribution in [0.5, 0.6) is 11.5 Å². The summed E-state index contributed by atoms with van der Waals surface area (Å²) in [6.07, 6.45) is 2.61. The summed E-state index contributed by atoms with van der Waals surface area (Å²) >= 11 is 6.13. The second-order valence-electron chi connectivity index (χ2n) is 4.99. The average molecular weight is 284 g/mol. The van der Waals surface area contributed by atoms with Crippen molar-refractivity contribution in [1.29, 1.82) is 0 Å². The summed E-state index contributed by atoms with van der Waals surface area (Å²) in [5.41, 5.74) is 6.42.